The van der Waals surface area contributed by atoms with Crippen LogP contribution in [0.3, 0.4) is 0 Å². The minimum Gasteiger partial charge on any atom is -0.478 e. The average Bonchev–Trinajstić information content (AvgIpc) is 1.38. The van der Waals surface area contributed by atoms with Crippen LogP contribution < -0.4 is 0 Å². The van der Waals surface area contributed by atoms with Gasteiger partial charge in [0.05, 0.1) is 0 Å². The largest absolute Gasteiger partial charge is 0.478 e. The van der Waals surface area contributed by atoms with Crippen LogP contribution >= 0.6 is 0 Å². The topological polar surface area (TPSA) is 37.3 Å². The molecular formula is C3H4GeO2. The van der Waals surface area contributed by atoms with Crippen molar-refractivity contribution in [2.45, 2.75) is 0 Å². The molecule has 0 aromatic carbocycles. The van der Waals surface area contributed by atoms with Gasteiger partial charge in [-0.3, -0.25) is 0 Å². The molecule has 0 amide bonds. The maximum atomic E-state index is 9.25. The van der Waals surface area contributed by atoms with Crippen molar-refractivity contribution < 1.29 is 9.90 Å². The van der Waals surface area contributed by atoms with Gasteiger partial charge in [-0.1, -0.05) is 6.58 Å². The van der Waals surface area contributed by atoms with Crippen molar-refractivity contribution in [1.29, 1.82) is 0 Å². The van der Waals surface area contributed by atoms with Crippen LogP contribution in [0, 0.1) is 0 Å². The average molecular weight is 145 g/mol. The first-order chi connectivity index (χ1) is 2.27. The van der Waals surface area contributed by atoms with E-state index in [1.807, 2.05) is 0 Å². The molecule has 3 heteroatoms. The van der Waals surface area contributed by atoms with E-state index in [4.69, 9.17) is 5.11 Å². The van der Waals surface area contributed by atoms with E-state index in [0.717, 1.165) is 6.08 Å². The molecule has 0 spiro atoms. The molecule has 0 aliphatic carbocycles. The molecule has 0 saturated heterocycles. The van der Waals surface area contributed by atoms with Crippen LogP contribution in [-0.4, -0.2) is 28.7 Å². The molecule has 6 heavy (non-hydrogen) atoms. The van der Waals surface area contributed by atoms with E-state index in [9.17, 15) is 4.79 Å². The van der Waals surface area contributed by atoms with Gasteiger partial charge in [-0.2, -0.15) is 0 Å². The number of carbonyl (C=O) groups is 1. The van der Waals surface area contributed by atoms with E-state index in [0.29, 0.717) is 0 Å². The van der Waals surface area contributed by atoms with Crippen molar-refractivity contribution in [2.24, 2.45) is 0 Å². The second-order valence-electron chi connectivity index (χ2n) is 0.542. The minimum absolute atomic E-state index is 0. The second-order valence-corrected chi connectivity index (χ2v) is 0.542. The van der Waals surface area contributed by atoms with Gasteiger partial charge in [0.2, 0.25) is 0 Å². The van der Waals surface area contributed by atoms with Crippen molar-refractivity contribution in [3.8, 4) is 0 Å². The molecule has 0 aromatic rings. The van der Waals surface area contributed by atoms with Gasteiger partial charge >= 0.3 is 5.97 Å². The molecule has 0 saturated carbocycles. The van der Waals surface area contributed by atoms with Gasteiger partial charge < -0.3 is 5.11 Å². The molecule has 0 atom stereocenters. The first-order valence-electron chi connectivity index (χ1n) is 1.12. The van der Waals surface area contributed by atoms with E-state index in [1.54, 1.807) is 0 Å². The molecule has 0 aliphatic heterocycles. The van der Waals surface area contributed by atoms with Gasteiger partial charge in [0.1, 0.15) is 0 Å². The Morgan fingerprint density at radius 1 is 1.83 bits per heavy atom. The maximum Gasteiger partial charge on any atom is 0.327 e. The summed E-state index contributed by atoms with van der Waals surface area (Å²) in [6.07, 6.45) is 0.833. The Morgan fingerprint density at radius 2 is 2.00 bits per heavy atom. The van der Waals surface area contributed by atoms with Crippen LogP contribution in [0.25, 0.3) is 0 Å². The van der Waals surface area contributed by atoms with Crippen LogP contribution in [-0.2, 0) is 4.79 Å². The monoisotopic (exact) mass is 146 g/mol. The Morgan fingerprint density at radius 3 is 2.00 bits per heavy atom. The maximum absolute atomic E-state index is 9.25. The Labute approximate surface area is 46.8 Å². The predicted octanol–water partition coefficient (Wildman–Crippen LogP) is -0.124. The van der Waals surface area contributed by atoms with E-state index in [-0.39, 0.29) is 17.6 Å². The Bertz CT molecular complexity index is 59.8. The summed E-state index contributed by atoms with van der Waals surface area (Å²) in [5.74, 6) is -0.981. The smallest absolute Gasteiger partial charge is 0.327 e. The van der Waals surface area contributed by atoms with Gasteiger partial charge in [0.25, 0.3) is 0 Å². The number of aliphatic carboxylic acids is 1. The van der Waals surface area contributed by atoms with Crippen LogP contribution in [0.4, 0.5) is 0 Å². The zero-order chi connectivity index (χ0) is 4.28. The van der Waals surface area contributed by atoms with Crippen molar-refractivity contribution in [2.75, 3.05) is 0 Å². The quantitative estimate of drug-likeness (QED) is 0.412. The summed E-state index contributed by atoms with van der Waals surface area (Å²) in [4.78, 5) is 9.25. The molecule has 0 aliphatic rings. The third-order valence-corrected chi connectivity index (χ3v) is 0.175. The molecule has 0 heterocycles. The summed E-state index contributed by atoms with van der Waals surface area (Å²) in [6, 6.07) is 0. The van der Waals surface area contributed by atoms with Crippen molar-refractivity contribution in [1.82, 2.24) is 0 Å². The van der Waals surface area contributed by atoms with Gasteiger partial charge in [-0.15, -0.1) is 0 Å². The SMILES string of the molecule is C=CC(=O)O.[Ge]. The fourth-order valence-corrected chi connectivity index (χ4v) is 0. The first kappa shape index (κ1) is 9.23. The molecule has 0 rings (SSSR count). The van der Waals surface area contributed by atoms with Gasteiger partial charge in [-0.25, -0.2) is 4.79 Å². The molecule has 4 radical (unpaired) electrons. The van der Waals surface area contributed by atoms with E-state index in [2.05, 4.69) is 6.58 Å². The van der Waals surface area contributed by atoms with Crippen LogP contribution in [0.2, 0.25) is 0 Å². The van der Waals surface area contributed by atoms with Gasteiger partial charge in [0, 0.05) is 23.7 Å². The van der Waals surface area contributed by atoms with Crippen LogP contribution in [0.15, 0.2) is 12.7 Å². The predicted molar refractivity (Wildman–Crippen MR) is 23.6 cm³/mol. The summed E-state index contributed by atoms with van der Waals surface area (Å²) in [7, 11) is 0. The molecule has 0 aromatic heterocycles. The fourth-order valence-electron chi connectivity index (χ4n) is 0. The Kier molecular flexibility index (Phi) is 7.31. The second kappa shape index (κ2) is 4.75. The number of rotatable bonds is 1. The zero-order valence-electron chi connectivity index (χ0n) is 3.14. The summed E-state index contributed by atoms with van der Waals surface area (Å²) in [5.41, 5.74) is 0. The molecular weight excluding hydrogens is 141 g/mol. The third-order valence-electron chi connectivity index (χ3n) is 0.175. The van der Waals surface area contributed by atoms with Gasteiger partial charge in [0.15, 0.2) is 0 Å². The van der Waals surface area contributed by atoms with E-state index >= 15 is 0 Å². The molecule has 0 bridgehead atoms. The summed E-state index contributed by atoms with van der Waals surface area (Å²) in [6.45, 7) is 2.96. The van der Waals surface area contributed by atoms with Crippen molar-refractivity contribution in [3.05, 3.63) is 12.7 Å². The Balaban J connectivity index is 0. The molecule has 0 fully saturated rings. The molecule has 32 valence electrons. The van der Waals surface area contributed by atoms with E-state index < -0.39 is 5.97 Å². The molecule has 2 nitrogen and oxygen atoms in total. The summed E-state index contributed by atoms with van der Waals surface area (Å²) in [5, 5.41) is 7.60. The molecule has 0 unspecified atom stereocenters. The van der Waals surface area contributed by atoms with Crippen molar-refractivity contribution in [3.63, 3.8) is 0 Å². The van der Waals surface area contributed by atoms with Crippen LogP contribution in [0.5, 0.6) is 0 Å². The van der Waals surface area contributed by atoms with Crippen molar-refractivity contribution >= 4 is 23.6 Å². The summed E-state index contributed by atoms with van der Waals surface area (Å²) < 4.78 is 0. The van der Waals surface area contributed by atoms with E-state index in [1.165, 1.54) is 0 Å². The summed E-state index contributed by atoms with van der Waals surface area (Å²) >= 11 is 0. The van der Waals surface area contributed by atoms with Crippen LogP contribution in [0.1, 0.15) is 0 Å². The van der Waals surface area contributed by atoms with Gasteiger partial charge in [-0.05, 0) is 0 Å². The fraction of sp³-hybridized carbons (Fsp3) is 0. The number of carboxylic acid groups (broad SMARTS) is 1. The minimum atomic E-state index is -0.981. The number of carboxylic acids is 1. The zero-order valence-corrected chi connectivity index (χ0v) is 5.24. The Hall–Kier alpha value is -0.247. The first-order valence-corrected chi connectivity index (χ1v) is 1.12. The number of hydrogen-bond acceptors (Lipinski definition) is 1. The molecule has 1 N–H and O–H groups in total. The normalized spacial score (nSPS) is 5.33. The number of hydrogen-bond donors (Lipinski definition) is 1. The third kappa shape index (κ3) is 9.26. The standard InChI is InChI=1S/C3H4O2.Ge/c1-2-3(4)5;/h2H,1H2,(H,4,5);.